The number of carbonyl (C=O) groups is 1. The van der Waals surface area contributed by atoms with Gasteiger partial charge in [0.05, 0.1) is 6.54 Å². The van der Waals surface area contributed by atoms with Crippen LogP contribution in [-0.4, -0.2) is 20.7 Å². The number of aromatic nitrogens is 3. The third-order valence-electron chi connectivity index (χ3n) is 3.39. The van der Waals surface area contributed by atoms with E-state index in [4.69, 9.17) is 0 Å². The Morgan fingerprint density at radius 1 is 1.25 bits per heavy atom. The number of hydrogen-bond acceptors (Lipinski definition) is 3. The molecule has 1 aromatic heterocycles. The highest BCUT2D eigenvalue weighted by Gasteiger charge is 2.13. The predicted molar refractivity (Wildman–Crippen MR) is 78.3 cm³/mol. The summed E-state index contributed by atoms with van der Waals surface area (Å²) in [6, 6.07) is 7.83. The van der Waals surface area contributed by atoms with E-state index in [-0.39, 0.29) is 11.8 Å². The van der Waals surface area contributed by atoms with Crippen molar-refractivity contribution < 1.29 is 4.79 Å². The summed E-state index contributed by atoms with van der Waals surface area (Å²) in [5, 5.41) is 7.02. The van der Waals surface area contributed by atoms with E-state index >= 15 is 0 Å². The summed E-state index contributed by atoms with van der Waals surface area (Å²) in [7, 11) is 0. The van der Waals surface area contributed by atoms with E-state index in [1.54, 1.807) is 11.0 Å². The van der Waals surface area contributed by atoms with E-state index < -0.39 is 0 Å². The van der Waals surface area contributed by atoms with E-state index in [1.165, 1.54) is 6.33 Å². The van der Waals surface area contributed by atoms with Crippen molar-refractivity contribution in [3.05, 3.63) is 42.5 Å². The summed E-state index contributed by atoms with van der Waals surface area (Å²) in [4.78, 5) is 15.9. The van der Waals surface area contributed by atoms with E-state index in [1.807, 2.05) is 38.1 Å². The van der Waals surface area contributed by atoms with E-state index in [0.29, 0.717) is 6.54 Å². The second kappa shape index (κ2) is 6.84. The van der Waals surface area contributed by atoms with Gasteiger partial charge < -0.3 is 5.32 Å². The van der Waals surface area contributed by atoms with Crippen LogP contribution in [0, 0.1) is 5.92 Å². The van der Waals surface area contributed by atoms with Gasteiger partial charge in [-0.1, -0.05) is 26.0 Å². The zero-order valence-electron chi connectivity index (χ0n) is 11.9. The molecule has 20 heavy (non-hydrogen) atoms. The predicted octanol–water partition coefficient (Wildman–Crippen LogP) is 2.70. The van der Waals surface area contributed by atoms with Crippen molar-refractivity contribution in [3.8, 4) is 0 Å². The summed E-state index contributed by atoms with van der Waals surface area (Å²) >= 11 is 0. The molecule has 0 radical (unpaired) electrons. The molecule has 0 bridgehead atoms. The van der Waals surface area contributed by atoms with Crippen molar-refractivity contribution in [1.82, 2.24) is 14.8 Å². The Labute approximate surface area is 119 Å². The van der Waals surface area contributed by atoms with Crippen molar-refractivity contribution in [2.75, 3.05) is 5.32 Å². The van der Waals surface area contributed by atoms with E-state index in [9.17, 15) is 4.79 Å². The minimum Gasteiger partial charge on any atom is -0.326 e. The van der Waals surface area contributed by atoms with Crippen molar-refractivity contribution in [2.24, 2.45) is 5.92 Å². The molecule has 1 N–H and O–H groups in total. The van der Waals surface area contributed by atoms with Gasteiger partial charge in [0, 0.05) is 11.6 Å². The van der Waals surface area contributed by atoms with Gasteiger partial charge in [0.2, 0.25) is 5.91 Å². The van der Waals surface area contributed by atoms with Crippen LogP contribution in [0.2, 0.25) is 0 Å². The molecule has 1 heterocycles. The maximum atomic E-state index is 12.0. The molecule has 0 fully saturated rings. The number of rotatable bonds is 6. The van der Waals surface area contributed by atoms with Crippen molar-refractivity contribution >= 4 is 11.6 Å². The quantitative estimate of drug-likeness (QED) is 0.879. The molecule has 1 aromatic carbocycles. The highest BCUT2D eigenvalue weighted by Crippen LogP contribution is 2.14. The Morgan fingerprint density at radius 3 is 2.50 bits per heavy atom. The van der Waals surface area contributed by atoms with Crippen LogP contribution in [-0.2, 0) is 11.3 Å². The highest BCUT2D eigenvalue weighted by molar-refractivity contribution is 5.92. The lowest BCUT2D eigenvalue weighted by Crippen LogP contribution is -2.21. The number of anilines is 1. The van der Waals surface area contributed by atoms with E-state index in [2.05, 4.69) is 15.4 Å². The van der Waals surface area contributed by atoms with Crippen LogP contribution >= 0.6 is 0 Å². The molecule has 1 amide bonds. The van der Waals surface area contributed by atoms with Gasteiger partial charge in [-0.3, -0.25) is 4.79 Å². The van der Waals surface area contributed by atoms with Crippen LogP contribution in [0.1, 0.15) is 32.3 Å². The number of nitrogens with zero attached hydrogens (tertiary/aromatic N) is 3. The van der Waals surface area contributed by atoms with Gasteiger partial charge in [0.1, 0.15) is 12.7 Å². The monoisotopic (exact) mass is 272 g/mol. The second-order valence-electron chi connectivity index (χ2n) is 4.79. The van der Waals surface area contributed by atoms with Gasteiger partial charge in [-0.2, -0.15) is 5.10 Å². The SMILES string of the molecule is CCC(CC)C(=O)Nc1ccc(Cn2cncn2)cc1. The maximum Gasteiger partial charge on any atom is 0.227 e. The van der Waals surface area contributed by atoms with Gasteiger partial charge in [-0.15, -0.1) is 0 Å². The van der Waals surface area contributed by atoms with Crippen LogP contribution in [0.25, 0.3) is 0 Å². The maximum absolute atomic E-state index is 12.0. The van der Waals surface area contributed by atoms with Crippen molar-refractivity contribution in [1.29, 1.82) is 0 Å². The first kappa shape index (κ1) is 14.2. The topological polar surface area (TPSA) is 59.8 Å². The molecule has 0 saturated carbocycles. The molecule has 0 spiro atoms. The summed E-state index contributed by atoms with van der Waals surface area (Å²) in [5.74, 6) is 0.184. The normalized spacial score (nSPS) is 10.8. The van der Waals surface area contributed by atoms with Crippen LogP contribution in [0.5, 0.6) is 0 Å². The lowest BCUT2D eigenvalue weighted by Gasteiger charge is -2.13. The minimum absolute atomic E-state index is 0.0878. The molecule has 5 nitrogen and oxygen atoms in total. The Hall–Kier alpha value is -2.17. The number of amides is 1. The van der Waals surface area contributed by atoms with Crippen LogP contribution in [0.4, 0.5) is 5.69 Å². The third kappa shape index (κ3) is 3.66. The fourth-order valence-electron chi connectivity index (χ4n) is 2.10. The highest BCUT2D eigenvalue weighted by atomic mass is 16.1. The molecule has 0 atom stereocenters. The molecular weight excluding hydrogens is 252 g/mol. The molecule has 0 aliphatic rings. The summed E-state index contributed by atoms with van der Waals surface area (Å²) in [5.41, 5.74) is 1.96. The van der Waals surface area contributed by atoms with Gasteiger partial charge in [-0.05, 0) is 30.5 Å². The average molecular weight is 272 g/mol. The molecule has 0 unspecified atom stereocenters. The Balaban J connectivity index is 1.96. The first-order valence-corrected chi connectivity index (χ1v) is 6.95. The molecule has 0 aliphatic heterocycles. The first-order valence-electron chi connectivity index (χ1n) is 6.95. The summed E-state index contributed by atoms with van der Waals surface area (Å²) in [6.07, 6.45) is 4.94. The van der Waals surface area contributed by atoms with Crippen LogP contribution in [0.3, 0.4) is 0 Å². The fourth-order valence-corrected chi connectivity index (χ4v) is 2.10. The zero-order chi connectivity index (χ0) is 14.4. The van der Waals surface area contributed by atoms with Crippen LogP contribution in [0.15, 0.2) is 36.9 Å². The standard InChI is InChI=1S/C15H20N4O/c1-3-13(4-2)15(20)18-14-7-5-12(6-8-14)9-19-11-16-10-17-19/h5-8,10-11,13H,3-4,9H2,1-2H3,(H,18,20). The van der Waals surface area contributed by atoms with Crippen LogP contribution < -0.4 is 5.32 Å². The Morgan fingerprint density at radius 2 is 1.95 bits per heavy atom. The minimum atomic E-state index is 0.0878. The molecule has 2 rings (SSSR count). The second-order valence-corrected chi connectivity index (χ2v) is 4.79. The third-order valence-corrected chi connectivity index (χ3v) is 3.39. The molecule has 0 saturated heterocycles. The molecule has 106 valence electrons. The molecular formula is C15H20N4O. The largest absolute Gasteiger partial charge is 0.326 e. The van der Waals surface area contributed by atoms with Crippen molar-refractivity contribution in [2.45, 2.75) is 33.2 Å². The van der Waals surface area contributed by atoms with Crippen molar-refractivity contribution in [3.63, 3.8) is 0 Å². The lowest BCUT2D eigenvalue weighted by atomic mass is 10.0. The Kier molecular flexibility index (Phi) is 4.87. The van der Waals surface area contributed by atoms with Gasteiger partial charge in [0.25, 0.3) is 0 Å². The van der Waals surface area contributed by atoms with Gasteiger partial charge in [-0.25, -0.2) is 9.67 Å². The first-order chi connectivity index (χ1) is 9.72. The molecule has 0 aliphatic carbocycles. The summed E-state index contributed by atoms with van der Waals surface area (Å²) < 4.78 is 1.76. The Bertz CT molecular complexity index is 530. The molecule has 5 heteroatoms. The fraction of sp³-hybridized carbons (Fsp3) is 0.400. The lowest BCUT2D eigenvalue weighted by molar-refractivity contribution is -0.120. The summed E-state index contributed by atoms with van der Waals surface area (Å²) in [6.45, 7) is 4.75. The number of carbonyl (C=O) groups excluding carboxylic acids is 1. The number of nitrogens with one attached hydrogen (secondary N) is 1. The number of hydrogen-bond donors (Lipinski definition) is 1. The smallest absolute Gasteiger partial charge is 0.227 e. The van der Waals surface area contributed by atoms with E-state index in [0.717, 1.165) is 24.1 Å². The zero-order valence-corrected chi connectivity index (χ0v) is 11.9. The molecule has 2 aromatic rings. The van der Waals surface area contributed by atoms with Gasteiger partial charge >= 0.3 is 0 Å². The van der Waals surface area contributed by atoms with Gasteiger partial charge in [0.15, 0.2) is 0 Å². The average Bonchev–Trinajstić information content (AvgIpc) is 2.95. The number of benzene rings is 1.